The molecule has 0 atom stereocenters. The highest BCUT2D eigenvalue weighted by atomic mass is 32.2. The molecule has 88 valence electrons. The van der Waals surface area contributed by atoms with Gasteiger partial charge in [-0.3, -0.25) is 0 Å². The molecule has 0 spiro atoms. The van der Waals surface area contributed by atoms with Gasteiger partial charge in [-0.25, -0.2) is 4.79 Å². The topological polar surface area (TPSA) is 58.4 Å². The summed E-state index contributed by atoms with van der Waals surface area (Å²) in [7, 11) is 0. The number of hydrogen-bond acceptors (Lipinski definition) is 4. The normalized spacial score (nSPS) is 10.9. The van der Waals surface area contributed by atoms with Gasteiger partial charge in [0, 0.05) is 17.8 Å². The number of pyridine rings is 1. The van der Waals surface area contributed by atoms with Crippen molar-refractivity contribution in [1.29, 1.82) is 5.26 Å². The Morgan fingerprint density at radius 2 is 2.28 bits per heavy atom. The highest BCUT2D eigenvalue weighted by Gasteiger charge is 2.17. The van der Waals surface area contributed by atoms with Crippen molar-refractivity contribution in [3.63, 3.8) is 0 Å². The number of rotatable bonds is 1. The maximum Gasteiger partial charge on any atom is 0.355 e. The van der Waals surface area contributed by atoms with Crippen LogP contribution < -0.4 is 5.63 Å². The van der Waals surface area contributed by atoms with Gasteiger partial charge >= 0.3 is 5.63 Å². The van der Waals surface area contributed by atoms with Crippen LogP contribution in [0.25, 0.3) is 16.6 Å². The van der Waals surface area contributed by atoms with Crippen molar-refractivity contribution in [3.05, 3.63) is 46.4 Å². The van der Waals surface area contributed by atoms with Gasteiger partial charge in [0.15, 0.2) is 11.1 Å². The number of hydrogen-bond donors (Lipinski definition) is 0. The monoisotopic (exact) mass is 256 g/mol. The first-order valence-electron chi connectivity index (χ1n) is 5.27. The summed E-state index contributed by atoms with van der Waals surface area (Å²) in [5.41, 5.74) is 1.70. The Balaban J connectivity index is 2.64. The van der Waals surface area contributed by atoms with Gasteiger partial charge in [-0.1, -0.05) is 6.07 Å². The second-order valence-corrected chi connectivity index (χ2v) is 4.58. The van der Waals surface area contributed by atoms with E-state index < -0.39 is 5.63 Å². The Hall–Kier alpha value is -2.19. The molecule has 0 radical (unpaired) electrons. The minimum Gasteiger partial charge on any atom is -0.420 e. The standard InChI is InChI=1S/C13H8N2O2S/c1-18-12-9(7-14)13(16)17-10-6-8-4-2-3-5-15(8)11(10)12/h2-6H,1H3. The third-order valence-electron chi connectivity index (χ3n) is 2.81. The molecule has 0 aliphatic heterocycles. The maximum absolute atomic E-state index is 11.7. The molecular weight excluding hydrogens is 248 g/mol. The van der Waals surface area contributed by atoms with Gasteiger partial charge < -0.3 is 8.82 Å². The summed E-state index contributed by atoms with van der Waals surface area (Å²) in [6.07, 6.45) is 3.73. The van der Waals surface area contributed by atoms with Gasteiger partial charge in [0.1, 0.15) is 11.6 Å². The van der Waals surface area contributed by atoms with Crippen LogP contribution in [0.4, 0.5) is 0 Å². The molecule has 3 aromatic rings. The highest BCUT2D eigenvalue weighted by molar-refractivity contribution is 7.98. The van der Waals surface area contributed by atoms with Crippen molar-refractivity contribution in [2.24, 2.45) is 0 Å². The third kappa shape index (κ3) is 1.36. The van der Waals surface area contributed by atoms with Crippen LogP contribution in [-0.2, 0) is 0 Å². The van der Waals surface area contributed by atoms with Crippen molar-refractivity contribution in [1.82, 2.24) is 4.40 Å². The minimum absolute atomic E-state index is 0.0684. The van der Waals surface area contributed by atoms with Crippen LogP contribution >= 0.6 is 11.8 Å². The molecule has 0 aliphatic rings. The summed E-state index contributed by atoms with van der Waals surface area (Å²) in [6.45, 7) is 0. The first-order valence-corrected chi connectivity index (χ1v) is 6.49. The van der Waals surface area contributed by atoms with E-state index in [4.69, 9.17) is 9.68 Å². The zero-order valence-corrected chi connectivity index (χ0v) is 10.3. The first kappa shape index (κ1) is 10.9. The number of thioether (sulfide) groups is 1. The fourth-order valence-corrected chi connectivity index (χ4v) is 2.78. The summed E-state index contributed by atoms with van der Waals surface area (Å²) >= 11 is 1.38. The molecule has 0 fully saturated rings. The average molecular weight is 256 g/mol. The van der Waals surface area contributed by atoms with Crippen molar-refractivity contribution in [2.75, 3.05) is 6.26 Å². The zero-order valence-electron chi connectivity index (χ0n) is 9.51. The molecule has 0 saturated carbocycles. The molecule has 0 bridgehead atoms. The average Bonchev–Trinajstić information content (AvgIpc) is 2.74. The molecule has 0 unspecified atom stereocenters. The number of nitrogens with zero attached hydrogens (tertiary/aromatic N) is 2. The van der Waals surface area contributed by atoms with Crippen molar-refractivity contribution in [2.45, 2.75) is 4.90 Å². The van der Waals surface area contributed by atoms with Crippen molar-refractivity contribution in [3.8, 4) is 6.07 Å². The minimum atomic E-state index is -0.578. The van der Waals surface area contributed by atoms with Crippen molar-refractivity contribution >= 4 is 28.4 Å². The summed E-state index contributed by atoms with van der Waals surface area (Å²) < 4.78 is 7.12. The van der Waals surface area contributed by atoms with Crippen LogP contribution in [0.15, 0.2) is 44.6 Å². The van der Waals surface area contributed by atoms with Gasteiger partial charge in [-0.15, -0.1) is 11.8 Å². The molecule has 3 aromatic heterocycles. The van der Waals surface area contributed by atoms with Crippen LogP contribution in [0.2, 0.25) is 0 Å². The third-order valence-corrected chi connectivity index (χ3v) is 3.62. The molecule has 3 rings (SSSR count). The molecule has 0 amide bonds. The first-order chi connectivity index (χ1) is 8.76. The Morgan fingerprint density at radius 1 is 1.44 bits per heavy atom. The SMILES string of the molecule is CSc1c(C#N)c(=O)oc2cc3ccccn3c12. The molecular formula is C13H8N2O2S. The van der Waals surface area contributed by atoms with Gasteiger partial charge in [0.05, 0.1) is 4.90 Å². The largest absolute Gasteiger partial charge is 0.420 e. The lowest BCUT2D eigenvalue weighted by atomic mass is 10.3. The quantitative estimate of drug-likeness (QED) is 0.628. The van der Waals surface area contributed by atoms with E-state index in [9.17, 15) is 4.79 Å². The Labute approximate surface area is 106 Å². The molecule has 0 saturated heterocycles. The molecule has 5 heteroatoms. The van der Waals surface area contributed by atoms with Crippen LogP contribution in [0.5, 0.6) is 0 Å². The molecule has 18 heavy (non-hydrogen) atoms. The smallest absolute Gasteiger partial charge is 0.355 e. The van der Waals surface area contributed by atoms with Gasteiger partial charge in [0.2, 0.25) is 0 Å². The lowest BCUT2D eigenvalue weighted by molar-refractivity contribution is 0.555. The Kier molecular flexibility index (Phi) is 2.39. The van der Waals surface area contributed by atoms with E-state index >= 15 is 0 Å². The predicted molar refractivity (Wildman–Crippen MR) is 69.9 cm³/mol. The second-order valence-electron chi connectivity index (χ2n) is 3.76. The predicted octanol–water partition coefficient (Wildman–Crippen LogP) is 2.64. The fraction of sp³-hybridized carbons (Fsp3) is 0.0769. The summed E-state index contributed by atoms with van der Waals surface area (Å²) in [6, 6.07) is 9.46. The molecule has 3 heterocycles. The summed E-state index contributed by atoms with van der Waals surface area (Å²) in [5, 5.41) is 9.07. The van der Waals surface area contributed by atoms with Crippen molar-refractivity contribution < 1.29 is 4.42 Å². The van der Waals surface area contributed by atoms with Gasteiger partial charge in [-0.2, -0.15) is 5.26 Å². The second kappa shape index (κ2) is 3.93. The van der Waals surface area contributed by atoms with E-state index in [1.807, 2.05) is 41.1 Å². The van der Waals surface area contributed by atoms with Crippen LogP contribution in [0, 0.1) is 11.3 Å². The number of aromatic nitrogens is 1. The zero-order chi connectivity index (χ0) is 12.7. The molecule has 0 N–H and O–H groups in total. The van der Waals surface area contributed by atoms with Crippen LogP contribution in [0.3, 0.4) is 0 Å². The Morgan fingerprint density at radius 3 is 3.00 bits per heavy atom. The number of fused-ring (bicyclic) bond motifs is 3. The fourth-order valence-electron chi connectivity index (χ4n) is 2.06. The van der Waals surface area contributed by atoms with Gasteiger partial charge in [-0.05, 0) is 18.4 Å². The highest BCUT2D eigenvalue weighted by Crippen LogP contribution is 2.30. The van der Waals surface area contributed by atoms with E-state index in [0.717, 1.165) is 11.0 Å². The van der Waals surface area contributed by atoms with E-state index in [2.05, 4.69) is 0 Å². The van der Waals surface area contributed by atoms with Crippen LogP contribution in [0.1, 0.15) is 5.56 Å². The molecule has 0 aliphatic carbocycles. The lowest BCUT2D eigenvalue weighted by Crippen LogP contribution is -2.06. The summed E-state index contributed by atoms with van der Waals surface area (Å²) in [5.74, 6) is 0. The maximum atomic E-state index is 11.7. The van der Waals surface area contributed by atoms with E-state index in [1.165, 1.54) is 11.8 Å². The van der Waals surface area contributed by atoms with E-state index in [-0.39, 0.29) is 5.56 Å². The van der Waals surface area contributed by atoms with Gasteiger partial charge in [0.25, 0.3) is 0 Å². The van der Waals surface area contributed by atoms with E-state index in [0.29, 0.717) is 10.5 Å². The molecule has 4 nitrogen and oxygen atoms in total. The Bertz CT molecular complexity index is 855. The van der Waals surface area contributed by atoms with E-state index in [1.54, 1.807) is 6.07 Å². The lowest BCUT2D eigenvalue weighted by Gasteiger charge is -2.02. The van der Waals surface area contributed by atoms with Crippen LogP contribution in [-0.4, -0.2) is 10.7 Å². The number of nitriles is 1. The molecule has 0 aromatic carbocycles. The summed E-state index contributed by atoms with van der Waals surface area (Å²) in [4.78, 5) is 12.4.